The number of hydrogen-bond acceptors (Lipinski definition) is 7. The molecule has 1 aliphatic heterocycles. The Hall–Kier alpha value is -3.93. The lowest BCUT2D eigenvalue weighted by atomic mass is 9.97. The highest BCUT2D eigenvalue weighted by Crippen LogP contribution is 2.23. The number of nitrogens with one attached hydrogen (secondary N) is 4. The molecule has 1 aromatic heterocycles. The van der Waals surface area contributed by atoms with Crippen molar-refractivity contribution in [2.75, 3.05) is 38.5 Å². The van der Waals surface area contributed by atoms with E-state index in [-0.39, 0.29) is 17.9 Å². The molecule has 0 fully saturated rings. The smallest absolute Gasteiger partial charge is 0.251 e. The standard InChI is InChI=1S/C32H41N7O/c1-5-19-39(20-18-33-4)22-25-11-13-26(14-12-25)31(40)36-27-9-6-8-23(2)30(21-27)38-32-35-17-15-29(37-32)28-10-7-16-34-24(28)3/h7,9-11,13,15-17,21,23-24,33-34H,5,12,14,18-20,22H2,1-4H3,(H,36,40)(H,35,37,38). The van der Waals surface area contributed by atoms with E-state index in [0.717, 1.165) is 68.0 Å². The Morgan fingerprint density at radius 1 is 1.20 bits per heavy atom. The van der Waals surface area contributed by atoms with Crippen LogP contribution in [-0.2, 0) is 4.79 Å². The van der Waals surface area contributed by atoms with Crippen molar-refractivity contribution in [2.45, 2.75) is 46.1 Å². The number of carbonyl (C=O) groups excluding carboxylic acids is 1. The summed E-state index contributed by atoms with van der Waals surface area (Å²) in [4.78, 5) is 24.8. The summed E-state index contributed by atoms with van der Waals surface area (Å²) in [6, 6.07) is 2.07. The minimum Gasteiger partial charge on any atom is -0.384 e. The summed E-state index contributed by atoms with van der Waals surface area (Å²) in [5, 5.41) is 12.9. The van der Waals surface area contributed by atoms with Crippen LogP contribution in [0.3, 0.4) is 0 Å². The lowest BCUT2D eigenvalue weighted by Crippen LogP contribution is -2.33. The molecule has 0 saturated carbocycles. The van der Waals surface area contributed by atoms with Crippen LogP contribution >= 0.6 is 0 Å². The first-order chi connectivity index (χ1) is 19.5. The lowest BCUT2D eigenvalue weighted by Gasteiger charge is -2.24. The fourth-order valence-corrected chi connectivity index (χ4v) is 4.83. The van der Waals surface area contributed by atoms with Gasteiger partial charge in [0.25, 0.3) is 5.91 Å². The third-order valence-corrected chi connectivity index (χ3v) is 7.13. The van der Waals surface area contributed by atoms with Crippen LogP contribution in [0.4, 0.5) is 5.95 Å². The monoisotopic (exact) mass is 539 g/mol. The third-order valence-electron chi connectivity index (χ3n) is 7.13. The summed E-state index contributed by atoms with van der Waals surface area (Å²) in [6.45, 7) is 10.3. The number of allylic oxidation sites excluding steroid dienone is 7. The largest absolute Gasteiger partial charge is 0.384 e. The van der Waals surface area contributed by atoms with Gasteiger partial charge in [-0.25, -0.2) is 9.97 Å². The zero-order valence-electron chi connectivity index (χ0n) is 24.1. The molecule has 0 bridgehead atoms. The Morgan fingerprint density at radius 2 is 2.08 bits per heavy atom. The fraction of sp³-hybridized carbons (Fsp3) is 0.406. The van der Waals surface area contributed by atoms with Crippen molar-refractivity contribution in [1.29, 1.82) is 0 Å². The summed E-state index contributed by atoms with van der Waals surface area (Å²) in [6.07, 6.45) is 18.2. The zero-order valence-corrected chi connectivity index (χ0v) is 24.1. The number of dihydropyridines is 1. The average Bonchev–Trinajstić information content (AvgIpc) is 3.13. The molecule has 0 spiro atoms. The van der Waals surface area contributed by atoms with E-state index >= 15 is 0 Å². The Labute approximate surface area is 238 Å². The van der Waals surface area contributed by atoms with E-state index in [1.165, 1.54) is 5.57 Å². The normalized spacial score (nSPS) is 20.1. The minimum absolute atomic E-state index is 0.0799. The van der Waals surface area contributed by atoms with Gasteiger partial charge in [0.1, 0.15) is 0 Å². The maximum Gasteiger partial charge on any atom is 0.251 e. The van der Waals surface area contributed by atoms with Crippen molar-refractivity contribution in [3.63, 3.8) is 0 Å². The Morgan fingerprint density at radius 3 is 2.83 bits per heavy atom. The van der Waals surface area contributed by atoms with Crippen molar-refractivity contribution >= 4 is 17.4 Å². The summed E-state index contributed by atoms with van der Waals surface area (Å²) in [5.41, 5.74) is 5.58. The molecule has 2 atom stereocenters. The zero-order chi connectivity index (χ0) is 28.3. The highest BCUT2D eigenvalue weighted by atomic mass is 16.1. The van der Waals surface area contributed by atoms with Crippen LogP contribution in [-0.4, -0.2) is 60.0 Å². The maximum absolute atomic E-state index is 13.1. The number of amides is 1. The van der Waals surface area contributed by atoms with Crippen LogP contribution in [0.5, 0.6) is 0 Å². The Kier molecular flexibility index (Phi) is 10.5. The second kappa shape index (κ2) is 14.5. The first-order valence-corrected chi connectivity index (χ1v) is 14.2. The fourth-order valence-electron chi connectivity index (χ4n) is 4.83. The van der Waals surface area contributed by atoms with Crippen LogP contribution in [0.15, 0.2) is 77.5 Å². The van der Waals surface area contributed by atoms with Gasteiger partial charge in [0.2, 0.25) is 5.95 Å². The highest BCUT2D eigenvalue weighted by molar-refractivity contribution is 5.95. The molecule has 2 heterocycles. The van der Waals surface area contributed by atoms with Gasteiger partial charge in [0, 0.05) is 43.2 Å². The molecular weight excluding hydrogens is 498 g/mol. The van der Waals surface area contributed by atoms with Gasteiger partial charge in [-0.05, 0) is 76.7 Å². The molecule has 40 heavy (non-hydrogen) atoms. The van der Waals surface area contributed by atoms with E-state index in [0.29, 0.717) is 11.6 Å². The number of likely N-dealkylation sites (N-methyl/N-ethyl adjacent to an activating group) is 1. The predicted molar refractivity (Wildman–Crippen MR) is 163 cm³/mol. The maximum atomic E-state index is 13.1. The van der Waals surface area contributed by atoms with Crippen molar-refractivity contribution in [2.24, 2.45) is 5.92 Å². The molecule has 210 valence electrons. The molecule has 1 aromatic rings. The summed E-state index contributed by atoms with van der Waals surface area (Å²) in [7, 11) is 1.99. The number of aromatic nitrogens is 2. The molecule has 1 amide bonds. The lowest BCUT2D eigenvalue weighted by molar-refractivity contribution is -0.116. The van der Waals surface area contributed by atoms with Crippen molar-refractivity contribution in [1.82, 2.24) is 30.8 Å². The topological polar surface area (TPSA) is 94.2 Å². The summed E-state index contributed by atoms with van der Waals surface area (Å²) < 4.78 is 0. The van der Waals surface area contributed by atoms with Gasteiger partial charge in [-0.2, -0.15) is 0 Å². The van der Waals surface area contributed by atoms with E-state index < -0.39 is 0 Å². The Balaban J connectivity index is 1.42. The van der Waals surface area contributed by atoms with Gasteiger partial charge in [-0.3, -0.25) is 9.69 Å². The van der Waals surface area contributed by atoms with Crippen molar-refractivity contribution < 1.29 is 4.79 Å². The van der Waals surface area contributed by atoms with Crippen LogP contribution in [0, 0.1) is 17.8 Å². The number of rotatable bonds is 12. The first kappa shape index (κ1) is 29.1. The van der Waals surface area contributed by atoms with Crippen LogP contribution in [0.25, 0.3) is 5.57 Å². The molecule has 3 aliphatic rings. The molecule has 4 N–H and O–H groups in total. The Bertz CT molecular complexity index is 1320. The van der Waals surface area contributed by atoms with Gasteiger partial charge in [-0.1, -0.05) is 42.6 Å². The van der Waals surface area contributed by atoms with E-state index in [2.05, 4.69) is 69.0 Å². The molecule has 2 unspecified atom stereocenters. The van der Waals surface area contributed by atoms with Gasteiger partial charge >= 0.3 is 0 Å². The highest BCUT2D eigenvalue weighted by Gasteiger charge is 2.18. The minimum atomic E-state index is -0.0916. The molecule has 0 saturated heterocycles. The van der Waals surface area contributed by atoms with E-state index in [9.17, 15) is 4.79 Å². The molecule has 8 heteroatoms. The third kappa shape index (κ3) is 8.04. The molecular formula is C32H41N7O. The first-order valence-electron chi connectivity index (χ1n) is 14.2. The van der Waals surface area contributed by atoms with E-state index in [4.69, 9.17) is 4.98 Å². The quantitative estimate of drug-likeness (QED) is 0.300. The number of carbonyl (C=O) groups is 1. The van der Waals surface area contributed by atoms with E-state index in [1.807, 2.05) is 44.5 Å². The van der Waals surface area contributed by atoms with Crippen LogP contribution in [0.1, 0.15) is 45.7 Å². The van der Waals surface area contributed by atoms with Gasteiger partial charge in [0.15, 0.2) is 0 Å². The van der Waals surface area contributed by atoms with Crippen LogP contribution < -0.4 is 21.3 Å². The van der Waals surface area contributed by atoms with Gasteiger partial charge in [0.05, 0.1) is 23.4 Å². The summed E-state index contributed by atoms with van der Waals surface area (Å²) >= 11 is 0. The molecule has 0 aromatic carbocycles. The molecule has 4 rings (SSSR count). The molecule has 8 nitrogen and oxygen atoms in total. The SMILES string of the molecule is CCCN(CCNC)CC1=CC=C(C(=O)NC2=CC#CC(C)C(Nc3nccc(C4=CC=CNC4C)n3)=C2)CC1. The van der Waals surface area contributed by atoms with E-state index in [1.54, 1.807) is 12.3 Å². The number of hydrogen-bond donors (Lipinski definition) is 4. The second-order valence-electron chi connectivity index (χ2n) is 10.3. The average molecular weight is 540 g/mol. The van der Waals surface area contributed by atoms with Gasteiger partial charge in [-0.15, -0.1) is 0 Å². The van der Waals surface area contributed by atoms with Gasteiger partial charge < -0.3 is 21.3 Å². The number of anilines is 1. The van der Waals surface area contributed by atoms with Crippen LogP contribution in [0.2, 0.25) is 0 Å². The second-order valence-corrected chi connectivity index (χ2v) is 10.3. The van der Waals surface area contributed by atoms with Crippen molar-refractivity contribution in [3.05, 3.63) is 83.2 Å². The number of nitrogens with zero attached hydrogens (tertiary/aromatic N) is 3. The molecule has 0 radical (unpaired) electrons. The van der Waals surface area contributed by atoms with Crippen molar-refractivity contribution in [3.8, 4) is 11.8 Å². The molecule has 2 aliphatic carbocycles. The predicted octanol–water partition coefficient (Wildman–Crippen LogP) is 3.89. The summed E-state index contributed by atoms with van der Waals surface area (Å²) in [5.74, 6) is 6.60.